The highest BCUT2D eigenvalue weighted by Gasteiger charge is 2.28. The van der Waals surface area contributed by atoms with Crippen LogP contribution in [0.2, 0.25) is 0 Å². The van der Waals surface area contributed by atoms with E-state index >= 15 is 0 Å². The van der Waals surface area contributed by atoms with Crippen LogP contribution >= 0.6 is 23.5 Å². The van der Waals surface area contributed by atoms with Crippen LogP contribution in [0.4, 0.5) is 0 Å². The van der Waals surface area contributed by atoms with Crippen LogP contribution in [0, 0.1) is 29.6 Å². The van der Waals surface area contributed by atoms with Crippen LogP contribution in [0.5, 0.6) is 11.5 Å². The molecule has 0 bridgehead atoms. The van der Waals surface area contributed by atoms with Gasteiger partial charge < -0.3 is 14.0 Å². The van der Waals surface area contributed by atoms with E-state index in [0.717, 1.165) is 81.0 Å². The number of aromatic nitrogens is 1. The fourth-order valence-corrected chi connectivity index (χ4v) is 11.9. The van der Waals surface area contributed by atoms with Gasteiger partial charge in [-0.1, -0.05) is 150 Å². The fraction of sp³-hybridized carbons (Fsp3) is 0.321. The third kappa shape index (κ3) is 7.21. The normalized spacial score (nSPS) is 12.7. The van der Waals surface area contributed by atoms with Crippen molar-refractivity contribution >= 4 is 87.5 Å². The van der Waals surface area contributed by atoms with E-state index in [9.17, 15) is 10.5 Å². The van der Waals surface area contributed by atoms with Gasteiger partial charge in [-0.05, 0) is 83.3 Å². The summed E-state index contributed by atoms with van der Waals surface area (Å²) in [5.74, 6) is 1.58. The van der Waals surface area contributed by atoms with Crippen molar-refractivity contribution in [1.82, 2.24) is 4.57 Å². The van der Waals surface area contributed by atoms with Crippen molar-refractivity contribution in [3.05, 3.63) is 101 Å². The van der Waals surface area contributed by atoms with E-state index in [1.165, 1.54) is 92.2 Å². The third-order valence-electron chi connectivity index (χ3n) is 12.2. The summed E-state index contributed by atoms with van der Waals surface area (Å²) in [7, 11) is 0. The molecule has 8 aromatic rings. The first-order valence-corrected chi connectivity index (χ1v) is 23.6. The van der Waals surface area contributed by atoms with Gasteiger partial charge in [-0.3, -0.25) is 0 Å². The molecule has 7 heteroatoms. The standard InChI is InChI=1S/C53H51N3O2S2/c1-4-6-8-10-12-16-26-57-44-28-34(3)29-45(58-27-17-13-11-9-7-5-2)52(44)56-42-30-40(35(32-54)33-55)38-22-18-20-36-37-21-19-23-39-41(53-59-46-24-14-15-25-47(46)60-53)31-43(56)51(49(37)39)50(42)48(36)38/h14-15,18-25,28-31H,4-13,16-17,26-27H2,1-3H3. The number of hydrogen-bond donors (Lipinski definition) is 0. The number of rotatable bonds is 17. The van der Waals surface area contributed by atoms with Crippen molar-refractivity contribution in [1.29, 1.82) is 10.5 Å². The molecule has 5 nitrogen and oxygen atoms in total. The SMILES string of the molecule is CCCCCCCCOc1cc(C)cc(OCCCCCCCC)c1-n1c2cc(=C(C#N)C#N)c3cccc4c5cccc6c(=C7Sc8ccccc8S7)cc1c(c65)c2c34. The molecule has 7 aromatic carbocycles. The van der Waals surface area contributed by atoms with Crippen LogP contribution in [0.3, 0.4) is 0 Å². The highest BCUT2D eigenvalue weighted by Crippen LogP contribution is 2.53. The predicted molar refractivity (Wildman–Crippen MR) is 254 cm³/mol. The van der Waals surface area contributed by atoms with Crippen molar-refractivity contribution in [3.8, 4) is 29.3 Å². The molecule has 0 aliphatic carbocycles. The van der Waals surface area contributed by atoms with Crippen LogP contribution in [0.1, 0.15) is 96.5 Å². The van der Waals surface area contributed by atoms with Gasteiger partial charge in [0, 0.05) is 41.8 Å². The number of benzene rings is 7. The molecular formula is C53H51N3O2S2. The Morgan fingerprint density at radius 1 is 0.567 bits per heavy atom. The van der Waals surface area contributed by atoms with Gasteiger partial charge in [-0.2, -0.15) is 10.5 Å². The second kappa shape index (κ2) is 17.7. The summed E-state index contributed by atoms with van der Waals surface area (Å²) in [6.07, 6.45) is 14.1. The zero-order valence-electron chi connectivity index (χ0n) is 35.0. The number of hydrogen-bond acceptors (Lipinski definition) is 6. The summed E-state index contributed by atoms with van der Waals surface area (Å²) in [5.41, 5.74) is 4.06. The minimum absolute atomic E-state index is 0.102. The second-order valence-corrected chi connectivity index (χ2v) is 18.7. The number of aryl methyl sites for hydroxylation is 1. The zero-order valence-corrected chi connectivity index (χ0v) is 36.6. The Kier molecular flexibility index (Phi) is 11.8. The summed E-state index contributed by atoms with van der Waals surface area (Å²) < 4.78 is 17.4. The number of unbranched alkanes of at least 4 members (excludes halogenated alkanes) is 10. The molecule has 0 amide bonds. The lowest BCUT2D eigenvalue weighted by Crippen LogP contribution is -2.11. The molecule has 60 heavy (non-hydrogen) atoms. The maximum atomic E-state index is 10.4. The molecule has 0 saturated carbocycles. The van der Waals surface area contributed by atoms with E-state index in [1.54, 1.807) is 0 Å². The lowest BCUT2D eigenvalue weighted by atomic mass is 9.88. The molecule has 0 atom stereocenters. The average molecular weight is 826 g/mol. The summed E-state index contributed by atoms with van der Waals surface area (Å²) in [4.78, 5) is 2.55. The topological polar surface area (TPSA) is 71.0 Å². The maximum absolute atomic E-state index is 10.4. The molecule has 0 unspecified atom stereocenters. The highest BCUT2D eigenvalue weighted by molar-refractivity contribution is 8.32. The molecule has 1 aliphatic heterocycles. The summed E-state index contributed by atoms with van der Waals surface area (Å²) in [6, 6.07) is 35.0. The van der Waals surface area contributed by atoms with Crippen molar-refractivity contribution in [2.45, 2.75) is 108 Å². The first-order valence-electron chi connectivity index (χ1n) is 22.0. The number of nitriles is 2. The lowest BCUT2D eigenvalue weighted by molar-refractivity contribution is 0.288. The third-order valence-corrected chi connectivity index (χ3v) is 14.8. The molecule has 0 spiro atoms. The van der Waals surface area contributed by atoms with Gasteiger partial charge in [0.15, 0.2) is 0 Å². The van der Waals surface area contributed by atoms with Gasteiger partial charge in [-0.25, -0.2) is 0 Å². The average Bonchev–Trinajstić information content (AvgIpc) is 3.85. The molecular weight excluding hydrogens is 775 g/mol. The number of thioether (sulfide) groups is 2. The molecule has 2 heterocycles. The van der Waals surface area contributed by atoms with Gasteiger partial charge in [0.1, 0.15) is 34.9 Å². The second-order valence-electron chi connectivity index (χ2n) is 16.3. The lowest BCUT2D eigenvalue weighted by Gasteiger charge is -2.20. The highest BCUT2D eigenvalue weighted by atomic mass is 32.2. The van der Waals surface area contributed by atoms with Gasteiger partial charge in [0.2, 0.25) is 0 Å². The van der Waals surface area contributed by atoms with Crippen LogP contribution < -0.4 is 19.9 Å². The van der Waals surface area contributed by atoms with E-state index < -0.39 is 0 Å². The largest absolute Gasteiger partial charge is 0.491 e. The molecule has 302 valence electrons. The summed E-state index contributed by atoms with van der Waals surface area (Å²) in [5, 5.41) is 31.7. The van der Waals surface area contributed by atoms with E-state index in [2.05, 4.69) is 122 Å². The van der Waals surface area contributed by atoms with E-state index in [0.29, 0.717) is 18.4 Å². The quantitative estimate of drug-likeness (QED) is 0.0517. The summed E-state index contributed by atoms with van der Waals surface area (Å²) >= 11 is 3.69. The Hall–Kier alpha value is -5.34. The van der Waals surface area contributed by atoms with Crippen molar-refractivity contribution in [2.75, 3.05) is 13.2 Å². The number of ether oxygens (including phenoxy) is 2. The van der Waals surface area contributed by atoms with Crippen LogP contribution in [0.15, 0.2) is 94.7 Å². The van der Waals surface area contributed by atoms with Gasteiger partial charge in [-0.15, -0.1) is 0 Å². The molecule has 0 saturated heterocycles. The Balaban J connectivity index is 1.35. The van der Waals surface area contributed by atoms with Gasteiger partial charge in [0.05, 0.1) is 28.5 Å². The predicted octanol–water partition coefficient (Wildman–Crippen LogP) is 14.1. The molecule has 1 aliphatic rings. The fourth-order valence-electron chi connectivity index (χ4n) is 9.35. The van der Waals surface area contributed by atoms with Crippen molar-refractivity contribution < 1.29 is 9.47 Å². The number of fused-ring (bicyclic) bond motifs is 2. The van der Waals surface area contributed by atoms with Gasteiger partial charge >= 0.3 is 0 Å². The minimum Gasteiger partial charge on any atom is -0.491 e. The number of nitrogens with zero attached hydrogens (tertiary/aromatic N) is 3. The molecule has 0 fully saturated rings. The maximum Gasteiger partial charge on any atom is 0.147 e. The Morgan fingerprint density at radius 3 is 1.63 bits per heavy atom. The summed E-state index contributed by atoms with van der Waals surface area (Å²) in [6.45, 7) is 7.85. The molecule has 1 aromatic heterocycles. The van der Waals surface area contributed by atoms with Crippen LogP contribution in [-0.4, -0.2) is 17.8 Å². The van der Waals surface area contributed by atoms with E-state index in [4.69, 9.17) is 9.47 Å². The zero-order chi connectivity index (χ0) is 41.2. The molecule has 9 rings (SSSR count). The van der Waals surface area contributed by atoms with Crippen molar-refractivity contribution in [2.24, 2.45) is 0 Å². The van der Waals surface area contributed by atoms with Crippen LogP contribution in [-0.2, 0) is 0 Å². The van der Waals surface area contributed by atoms with Gasteiger partial charge in [0.25, 0.3) is 0 Å². The Morgan fingerprint density at radius 2 is 1.07 bits per heavy atom. The Labute approximate surface area is 361 Å². The minimum atomic E-state index is 0.102. The van der Waals surface area contributed by atoms with E-state index in [-0.39, 0.29) is 5.57 Å². The first kappa shape index (κ1) is 40.1. The van der Waals surface area contributed by atoms with Crippen LogP contribution in [0.25, 0.3) is 69.6 Å². The Bertz CT molecular complexity index is 2990. The monoisotopic (exact) mass is 825 g/mol. The van der Waals surface area contributed by atoms with E-state index in [1.807, 2.05) is 23.5 Å². The molecule has 0 N–H and O–H groups in total. The smallest absolute Gasteiger partial charge is 0.147 e. The first-order chi connectivity index (χ1) is 29.6. The van der Waals surface area contributed by atoms with Crippen molar-refractivity contribution in [3.63, 3.8) is 0 Å². The molecule has 0 radical (unpaired) electrons.